The number of aliphatic hydroxyl groups is 1. The second-order valence-corrected chi connectivity index (χ2v) is 8.54. The molecular formula is C25H53NO. The monoisotopic (exact) mass is 383 g/mol. The van der Waals surface area contributed by atoms with Gasteiger partial charge < -0.3 is 10.4 Å². The SMILES string of the molecule is CCCCCNCCCCCCCCCCCCCCCCCCCCO. The highest BCUT2D eigenvalue weighted by Gasteiger charge is 1.95. The molecule has 0 atom stereocenters. The van der Waals surface area contributed by atoms with E-state index in [4.69, 9.17) is 5.11 Å². The molecule has 27 heavy (non-hydrogen) atoms. The maximum atomic E-state index is 8.74. The molecule has 2 nitrogen and oxygen atoms in total. The molecule has 0 saturated carbocycles. The molecule has 0 aromatic rings. The zero-order valence-electron chi connectivity index (χ0n) is 18.9. The number of rotatable bonds is 24. The molecule has 0 aromatic heterocycles. The first-order valence-electron chi connectivity index (χ1n) is 12.7. The van der Waals surface area contributed by atoms with E-state index >= 15 is 0 Å². The Morgan fingerprint density at radius 2 is 0.704 bits per heavy atom. The van der Waals surface area contributed by atoms with Crippen molar-refractivity contribution in [3.63, 3.8) is 0 Å². The Kier molecular flexibility index (Phi) is 25.8. The maximum absolute atomic E-state index is 8.74. The molecule has 0 spiro atoms. The Balaban J connectivity index is 2.95. The summed E-state index contributed by atoms with van der Waals surface area (Å²) < 4.78 is 0. The van der Waals surface area contributed by atoms with E-state index in [2.05, 4.69) is 12.2 Å². The van der Waals surface area contributed by atoms with Crippen molar-refractivity contribution in [2.75, 3.05) is 19.7 Å². The Bertz CT molecular complexity index is 220. The average molecular weight is 384 g/mol. The van der Waals surface area contributed by atoms with Gasteiger partial charge in [-0.05, 0) is 32.4 Å². The van der Waals surface area contributed by atoms with Gasteiger partial charge in [0.25, 0.3) is 0 Å². The van der Waals surface area contributed by atoms with E-state index in [0.717, 1.165) is 6.42 Å². The van der Waals surface area contributed by atoms with Gasteiger partial charge in [-0.15, -0.1) is 0 Å². The lowest BCUT2D eigenvalue weighted by Crippen LogP contribution is -2.16. The summed E-state index contributed by atoms with van der Waals surface area (Å²) in [5.74, 6) is 0. The topological polar surface area (TPSA) is 32.3 Å². The molecule has 0 fully saturated rings. The first-order valence-corrected chi connectivity index (χ1v) is 12.7. The highest BCUT2D eigenvalue weighted by molar-refractivity contribution is 4.52. The second-order valence-electron chi connectivity index (χ2n) is 8.54. The normalized spacial score (nSPS) is 11.3. The van der Waals surface area contributed by atoms with E-state index in [1.54, 1.807) is 0 Å². The molecule has 2 heteroatoms. The summed E-state index contributed by atoms with van der Waals surface area (Å²) in [5, 5.41) is 12.3. The fraction of sp³-hybridized carbons (Fsp3) is 1.00. The van der Waals surface area contributed by atoms with Gasteiger partial charge in [0.05, 0.1) is 0 Å². The van der Waals surface area contributed by atoms with Crippen molar-refractivity contribution in [2.24, 2.45) is 0 Å². The minimum absolute atomic E-state index is 0.372. The highest BCUT2D eigenvalue weighted by atomic mass is 16.2. The molecule has 0 aliphatic carbocycles. The largest absolute Gasteiger partial charge is 0.396 e. The van der Waals surface area contributed by atoms with Crippen LogP contribution in [-0.2, 0) is 0 Å². The molecule has 0 rings (SSSR count). The molecule has 0 radical (unpaired) electrons. The van der Waals surface area contributed by atoms with Gasteiger partial charge >= 0.3 is 0 Å². The van der Waals surface area contributed by atoms with Gasteiger partial charge in [0.15, 0.2) is 0 Å². The number of hydrogen-bond donors (Lipinski definition) is 2. The van der Waals surface area contributed by atoms with Gasteiger partial charge in [0.2, 0.25) is 0 Å². The van der Waals surface area contributed by atoms with Gasteiger partial charge in [-0.1, -0.05) is 122 Å². The van der Waals surface area contributed by atoms with E-state index in [0.29, 0.717) is 6.61 Å². The minimum Gasteiger partial charge on any atom is -0.396 e. The number of hydrogen-bond acceptors (Lipinski definition) is 2. The van der Waals surface area contributed by atoms with Crippen molar-refractivity contribution < 1.29 is 5.11 Å². The molecule has 2 N–H and O–H groups in total. The summed E-state index contributed by atoms with van der Waals surface area (Å²) in [5.41, 5.74) is 0. The van der Waals surface area contributed by atoms with Gasteiger partial charge in [0, 0.05) is 6.61 Å². The molecule has 0 aliphatic rings. The van der Waals surface area contributed by atoms with Crippen LogP contribution in [0.2, 0.25) is 0 Å². The van der Waals surface area contributed by atoms with Crippen LogP contribution in [0, 0.1) is 0 Å². The first kappa shape index (κ1) is 26.9. The molecular weight excluding hydrogens is 330 g/mol. The molecule has 0 aromatic carbocycles. The molecule has 0 unspecified atom stereocenters. The van der Waals surface area contributed by atoms with Crippen LogP contribution in [0.3, 0.4) is 0 Å². The molecule has 0 aliphatic heterocycles. The van der Waals surface area contributed by atoms with Crippen molar-refractivity contribution in [2.45, 2.75) is 142 Å². The highest BCUT2D eigenvalue weighted by Crippen LogP contribution is 2.14. The van der Waals surface area contributed by atoms with Crippen LogP contribution in [0.1, 0.15) is 142 Å². The lowest BCUT2D eigenvalue weighted by atomic mass is 10.0. The lowest BCUT2D eigenvalue weighted by Gasteiger charge is -2.05. The number of nitrogens with one attached hydrogen (secondary N) is 1. The Labute approximate surface area is 172 Å². The predicted molar refractivity (Wildman–Crippen MR) is 123 cm³/mol. The summed E-state index contributed by atoms with van der Waals surface area (Å²) in [4.78, 5) is 0. The quantitative estimate of drug-likeness (QED) is 0.167. The van der Waals surface area contributed by atoms with Gasteiger partial charge in [-0.3, -0.25) is 0 Å². The Morgan fingerprint density at radius 1 is 0.407 bits per heavy atom. The van der Waals surface area contributed by atoms with Gasteiger partial charge in [0.1, 0.15) is 0 Å². The van der Waals surface area contributed by atoms with Crippen molar-refractivity contribution >= 4 is 0 Å². The van der Waals surface area contributed by atoms with Crippen molar-refractivity contribution in [1.82, 2.24) is 5.32 Å². The molecule has 0 bridgehead atoms. The fourth-order valence-corrected chi connectivity index (χ4v) is 3.82. The zero-order valence-corrected chi connectivity index (χ0v) is 18.9. The van der Waals surface area contributed by atoms with E-state index in [1.807, 2.05) is 0 Å². The van der Waals surface area contributed by atoms with Crippen LogP contribution in [0.15, 0.2) is 0 Å². The zero-order chi connectivity index (χ0) is 19.7. The minimum atomic E-state index is 0.372. The van der Waals surface area contributed by atoms with Crippen LogP contribution < -0.4 is 5.32 Å². The third kappa shape index (κ3) is 25.9. The smallest absolute Gasteiger partial charge is 0.0431 e. The van der Waals surface area contributed by atoms with Crippen LogP contribution in [0.5, 0.6) is 0 Å². The fourth-order valence-electron chi connectivity index (χ4n) is 3.82. The van der Waals surface area contributed by atoms with E-state index < -0.39 is 0 Å². The third-order valence-corrected chi connectivity index (χ3v) is 5.72. The standard InChI is InChI=1S/C25H53NO/c1-2-3-20-23-26-24-21-18-16-14-12-10-8-6-4-5-7-9-11-13-15-17-19-22-25-27/h26-27H,2-25H2,1H3. The van der Waals surface area contributed by atoms with Crippen LogP contribution >= 0.6 is 0 Å². The predicted octanol–water partition coefficient (Wildman–Crippen LogP) is 7.78. The molecule has 164 valence electrons. The van der Waals surface area contributed by atoms with Crippen LogP contribution in [0.25, 0.3) is 0 Å². The van der Waals surface area contributed by atoms with Gasteiger partial charge in [-0.2, -0.15) is 0 Å². The number of aliphatic hydroxyl groups excluding tert-OH is 1. The van der Waals surface area contributed by atoms with Crippen molar-refractivity contribution in [1.29, 1.82) is 0 Å². The number of unbranched alkanes of at least 4 members (excludes halogenated alkanes) is 19. The second kappa shape index (κ2) is 25.9. The Hall–Kier alpha value is -0.0800. The van der Waals surface area contributed by atoms with E-state index in [-0.39, 0.29) is 0 Å². The van der Waals surface area contributed by atoms with E-state index in [1.165, 1.54) is 142 Å². The van der Waals surface area contributed by atoms with E-state index in [9.17, 15) is 0 Å². The Morgan fingerprint density at radius 3 is 1.04 bits per heavy atom. The van der Waals surface area contributed by atoms with Crippen LogP contribution in [0.4, 0.5) is 0 Å². The average Bonchev–Trinajstić information content (AvgIpc) is 2.68. The summed E-state index contributed by atoms with van der Waals surface area (Å²) in [6.07, 6.45) is 29.1. The van der Waals surface area contributed by atoms with Gasteiger partial charge in [-0.25, -0.2) is 0 Å². The first-order chi connectivity index (χ1) is 13.4. The summed E-state index contributed by atoms with van der Waals surface area (Å²) in [6, 6.07) is 0. The summed E-state index contributed by atoms with van der Waals surface area (Å²) >= 11 is 0. The third-order valence-electron chi connectivity index (χ3n) is 5.72. The van der Waals surface area contributed by atoms with Crippen LogP contribution in [-0.4, -0.2) is 24.8 Å². The van der Waals surface area contributed by atoms with Crippen molar-refractivity contribution in [3.8, 4) is 0 Å². The van der Waals surface area contributed by atoms with Crippen molar-refractivity contribution in [3.05, 3.63) is 0 Å². The molecule has 0 saturated heterocycles. The molecule has 0 heterocycles. The summed E-state index contributed by atoms with van der Waals surface area (Å²) in [7, 11) is 0. The maximum Gasteiger partial charge on any atom is 0.0431 e. The lowest BCUT2D eigenvalue weighted by molar-refractivity contribution is 0.282. The molecule has 0 amide bonds. The summed E-state index contributed by atoms with van der Waals surface area (Å²) in [6.45, 7) is 5.09.